The molecule has 0 unspecified atom stereocenters. The molecule has 0 aromatic carbocycles. The van der Waals surface area contributed by atoms with Gasteiger partial charge in [-0.2, -0.15) is 0 Å². The predicted octanol–water partition coefficient (Wildman–Crippen LogP) is 1.39. The van der Waals surface area contributed by atoms with E-state index in [2.05, 4.69) is 6.42 Å². The van der Waals surface area contributed by atoms with Crippen molar-refractivity contribution in [2.45, 2.75) is 19.8 Å². The fourth-order valence-corrected chi connectivity index (χ4v) is 1.22. The highest BCUT2D eigenvalue weighted by Gasteiger charge is 2.12. The number of carbonyl (C=O) groups excluding carboxylic acids is 1. The molecule has 1 aliphatic rings. The molecule has 1 amide bonds. The largest absolute Gasteiger partial charge is 0.339 e. The minimum atomic E-state index is 0.153. The van der Waals surface area contributed by atoms with Crippen molar-refractivity contribution < 1.29 is 4.79 Å². The summed E-state index contributed by atoms with van der Waals surface area (Å²) in [7, 11) is 0. The van der Waals surface area contributed by atoms with Crippen molar-refractivity contribution in [1.82, 2.24) is 4.90 Å². The topological polar surface area (TPSA) is 20.3 Å². The van der Waals surface area contributed by atoms with Gasteiger partial charge >= 0.3 is 0 Å². The maximum Gasteiger partial charge on any atom is 0.246 e. The zero-order chi connectivity index (χ0) is 8.10. The number of nitrogens with zero attached hydrogens (tertiary/aromatic N) is 1. The summed E-state index contributed by atoms with van der Waals surface area (Å²) in [6.45, 7) is 3.65. The van der Waals surface area contributed by atoms with Crippen LogP contribution in [0.1, 0.15) is 19.8 Å². The molecule has 0 aliphatic carbocycles. The van der Waals surface area contributed by atoms with Gasteiger partial charge in [0.1, 0.15) is 0 Å². The average Bonchev–Trinajstić information content (AvgIpc) is 2.07. The molecule has 2 nitrogen and oxygen atoms in total. The van der Waals surface area contributed by atoms with Gasteiger partial charge < -0.3 is 4.90 Å². The van der Waals surface area contributed by atoms with Crippen molar-refractivity contribution in [3.05, 3.63) is 18.6 Å². The standard InChI is InChI=1S/C9H14NO/c1-2-6-9(11)10-7-4-3-5-8-10/h2-3,6H,4-5,7-8H2,1H3/b6-2+. The second-order valence-corrected chi connectivity index (χ2v) is 2.69. The smallest absolute Gasteiger partial charge is 0.246 e. The van der Waals surface area contributed by atoms with Crippen LogP contribution < -0.4 is 0 Å². The Hall–Kier alpha value is -0.790. The summed E-state index contributed by atoms with van der Waals surface area (Å²) in [6, 6.07) is 0. The van der Waals surface area contributed by atoms with Gasteiger partial charge in [-0.15, -0.1) is 0 Å². The zero-order valence-corrected chi connectivity index (χ0v) is 6.92. The quantitative estimate of drug-likeness (QED) is 0.520. The van der Waals surface area contributed by atoms with Crippen molar-refractivity contribution in [3.63, 3.8) is 0 Å². The number of piperidine rings is 1. The van der Waals surface area contributed by atoms with Gasteiger partial charge in [0.25, 0.3) is 0 Å². The van der Waals surface area contributed by atoms with Gasteiger partial charge in [0, 0.05) is 13.1 Å². The van der Waals surface area contributed by atoms with E-state index in [1.54, 1.807) is 12.2 Å². The molecule has 0 saturated carbocycles. The summed E-state index contributed by atoms with van der Waals surface area (Å²) in [4.78, 5) is 13.1. The van der Waals surface area contributed by atoms with Gasteiger partial charge in [-0.1, -0.05) is 6.08 Å². The highest BCUT2D eigenvalue weighted by Crippen LogP contribution is 2.07. The molecule has 1 saturated heterocycles. The normalized spacial score (nSPS) is 19.2. The Morgan fingerprint density at radius 1 is 1.45 bits per heavy atom. The molecule has 1 radical (unpaired) electrons. The van der Waals surface area contributed by atoms with E-state index in [9.17, 15) is 4.79 Å². The van der Waals surface area contributed by atoms with Crippen molar-refractivity contribution in [3.8, 4) is 0 Å². The maximum atomic E-state index is 11.2. The van der Waals surface area contributed by atoms with Crippen molar-refractivity contribution in [2.24, 2.45) is 0 Å². The van der Waals surface area contributed by atoms with Gasteiger partial charge in [-0.25, -0.2) is 0 Å². The number of hydrogen-bond donors (Lipinski definition) is 0. The maximum absolute atomic E-state index is 11.2. The van der Waals surface area contributed by atoms with Gasteiger partial charge in [0.15, 0.2) is 0 Å². The molecule has 0 atom stereocenters. The number of allylic oxidation sites excluding steroid dienone is 1. The molecular weight excluding hydrogens is 138 g/mol. The van der Waals surface area contributed by atoms with Crippen molar-refractivity contribution >= 4 is 5.91 Å². The third-order valence-electron chi connectivity index (χ3n) is 1.83. The molecule has 0 bridgehead atoms. The van der Waals surface area contributed by atoms with Crippen LogP contribution in [0.25, 0.3) is 0 Å². The van der Waals surface area contributed by atoms with Crippen LogP contribution in [0.15, 0.2) is 12.2 Å². The Morgan fingerprint density at radius 3 is 2.64 bits per heavy atom. The molecule has 61 valence electrons. The van der Waals surface area contributed by atoms with E-state index in [1.807, 2.05) is 11.8 Å². The summed E-state index contributed by atoms with van der Waals surface area (Å²) < 4.78 is 0. The van der Waals surface area contributed by atoms with E-state index < -0.39 is 0 Å². The molecule has 1 aliphatic heterocycles. The van der Waals surface area contributed by atoms with Crippen LogP contribution in [0.5, 0.6) is 0 Å². The predicted molar refractivity (Wildman–Crippen MR) is 44.9 cm³/mol. The Balaban J connectivity index is 2.38. The third-order valence-corrected chi connectivity index (χ3v) is 1.83. The fourth-order valence-electron chi connectivity index (χ4n) is 1.22. The van der Waals surface area contributed by atoms with E-state index >= 15 is 0 Å². The van der Waals surface area contributed by atoms with Crippen LogP contribution in [0.2, 0.25) is 0 Å². The SMILES string of the molecule is C/C=C/C(=O)N1CC[CH]CC1. The molecule has 1 rings (SSSR count). The van der Waals surface area contributed by atoms with Crippen LogP contribution in [-0.2, 0) is 4.79 Å². The summed E-state index contributed by atoms with van der Waals surface area (Å²) in [5.74, 6) is 0.153. The van der Waals surface area contributed by atoms with Crippen molar-refractivity contribution in [2.75, 3.05) is 13.1 Å². The molecular formula is C9H14NO. The third kappa shape index (κ3) is 2.37. The van der Waals surface area contributed by atoms with Gasteiger partial charge in [0.05, 0.1) is 0 Å². The molecule has 1 heterocycles. The molecule has 0 aromatic heterocycles. The van der Waals surface area contributed by atoms with Crippen LogP contribution in [-0.4, -0.2) is 23.9 Å². The minimum Gasteiger partial charge on any atom is -0.339 e. The van der Waals surface area contributed by atoms with Gasteiger partial charge in [-0.3, -0.25) is 4.79 Å². The Labute approximate surface area is 67.9 Å². The monoisotopic (exact) mass is 152 g/mol. The van der Waals surface area contributed by atoms with E-state index in [1.165, 1.54) is 0 Å². The van der Waals surface area contributed by atoms with Crippen LogP contribution in [0.3, 0.4) is 0 Å². The fraction of sp³-hybridized carbons (Fsp3) is 0.556. The van der Waals surface area contributed by atoms with Crippen LogP contribution >= 0.6 is 0 Å². The first-order valence-corrected chi connectivity index (χ1v) is 4.08. The summed E-state index contributed by atoms with van der Waals surface area (Å²) >= 11 is 0. The van der Waals surface area contributed by atoms with E-state index in [-0.39, 0.29) is 5.91 Å². The Kier molecular flexibility index (Phi) is 3.14. The summed E-state index contributed by atoms with van der Waals surface area (Å²) in [5, 5.41) is 0. The minimum absolute atomic E-state index is 0.153. The summed E-state index contributed by atoms with van der Waals surface area (Å²) in [5.41, 5.74) is 0. The van der Waals surface area contributed by atoms with Gasteiger partial charge in [0.2, 0.25) is 5.91 Å². The molecule has 0 aromatic rings. The second-order valence-electron chi connectivity index (χ2n) is 2.69. The first-order chi connectivity index (χ1) is 5.34. The lowest BCUT2D eigenvalue weighted by molar-refractivity contribution is -0.126. The summed E-state index contributed by atoms with van der Waals surface area (Å²) in [6.07, 6.45) is 7.75. The lowest BCUT2D eigenvalue weighted by Crippen LogP contribution is -2.34. The number of hydrogen-bond acceptors (Lipinski definition) is 1. The average molecular weight is 152 g/mol. The van der Waals surface area contributed by atoms with E-state index in [4.69, 9.17) is 0 Å². The highest BCUT2D eigenvalue weighted by molar-refractivity contribution is 5.87. The molecule has 0 spiro atoms. The molecule has 1 fully saturated rings. The lowest BCUT2D eigenvalue weighted by atomic mass is 10.1. The molecule has 0 N–H and O–H groups in total. The van der Waals surface area contributed by atoms with E-state index in [0.717, 1.165) is 25.9 Å². The molecule has 2 heteroatoms. The van der Waals surface area contributed by atoms with Crippen LogP contribution in [0.4, 0.5) is 0 Å². The second kappa shape index (κ2) is 4.16. The highest BCUT2D eigenvalue weighted by atomic mass is 16.2. The molecule has 11 heavy (non-hydrogen) atoms. The first-order valence-electron chi connectivity index (χ1n) is 4.08. The van der Waals surface area contributed by atoms with Crippen molar-refractivity contribution in [1.29, 1.82) is 0 Å². The zero-order valence-electron chi connectivity index (χ0n) is 6.92. The van der Waals surface area contributed by atoms with Gasteiger partial charge in [-0.05, 0) is 32.3 Å². The Bertz CT molecular complexity index is 157. The Morgan fingerprint density at radius 2 is 2.09 bits per heavy atom. The number of likely N-dealkylation sites (tertiary alicyclic amines) is 1. The lowest BCUT2D eigenvalue weighted by Gasteiger charge is -2.25. The van der Waals surface area contributed by atoms with E-state index in [0.29, 0.717) is 0 Å². The first kappa shape index (κ1) is 8.31. The number of rotatable bonds is 1. The van der Waals surface area contributed by atoms with Crippen LogP contribution in [0, 0.1) is 6.42 Å². The number of amides is 1. The number of carbonyl (C=O) groups is 1.